The highest BCUT2D eigenvalue weighted by atomic mass is 79.9. The van der Waals surface area contributed by atoms with Gasteiger partial charge in [0.25, 0.3) is 0 Å². The molecule has 1 aromatic heterocycles. The van der Waals surface area contributed by atoms with Crippen LogP contribution in [0.5, 0.6) is 0 Å². The Labute approximate surface area is 103 Å². The molecule has 1 rings (SSSR count). The van der Waals surface area contributed by atoms with E-state index in [2.05, 4.69) is 22.9 Å². The number of amides is 1. The third kappa shape index (κ3) is 4.34. The first-order chi connectivity index (χ1) is 7.13. The second-order valence-corrected chi connectivity index (χ2v) is 6.10. The van der Waals surface area contributed by atoms with Gasteiger partial charge in [-0.15, -0.1) is 11.3 Å². The number of nitrogens with zero attached hydrogens (tertiary/aromatic N) is 1. The average Bonchev–Trinajstić information content (AvgIpc) is 2.60. The van der Waals surface area contributed by atoms with Crippen LogP contribution in [0, 0.1) is 0 Å². The monoisotopic (exact) mass is 289 g/mol. The van der Waals surface area contributed by atoms with Crippen LogP contribution in [-0.2, 0) is 11.2 Å². The minimum absolute atomic E-state index is 0.206. The quantitative estimate of drug-likeness (QED) is 0.814. The molecule has 0 radical (unpaired) electrons. The molecular weight excluding hydrogens is 274 g/mol. The van der Waals surface area contributed by atoms with Gasteiger partial charge in [-0.25, -0.2) is 0 Å². The van der Waals surface area contributed by atoms with E-state index in [1.54, 1.807) is 11.3 Å². The van der Waals surface area contributed by atoms with E-state index in [0.717, 1.165) is 28.0 Å². The Balaban J connectivity index is 2.41. The molecule has 0 aliphatic carbocycles. The summed E-state index contributed by atoms with van der Waals surface area (Å²) in [7, 11) is 1.88. The van der Waals surface area contributed by atoms with Crippen molar-refractivity contribution in [3.8, 4) is 0 Å². The van der Waals surface area contributed by atoms with E-state index >= 15 is 0 Å². The Morgan fingerprint density at radius 2 is 2.27 bits per heavy atom. The maximum absolute atomic E-state index is 11.7. The summed E-state index contributed by atoms with van der Waals surface area (Å²) in [6.07, 6.45) is 2.73. The van der Waals surface area contributed by atoms with Crippen LogP contribution in [0.3, 0.4) is 0 Å². The number of hydrogen-bond donors (Lipinski definition) is 0. The predicted molar refractivity (Wildman–Crippen MR) is 68.3 cm³/mol. The molecule has 0 bridgehead atoms. The smallest absolute Gasteiger partial charge is 0.227 e. The summed E-state index contributed by atoms with van der Waals surface area (Å²) in [5.41, 5.74) is 0. The molecule has 1 heterocycles. The fraction of sp³-hybridized carbons (Fsp3) is 0.545. The minimum Gasteiger partial charge on any atom is -0.345 e. The molecule has 2 nitrogen and oxygen atoms in total. The number of carbonyl (C=O) groups excluding carboxylic acids is 1. The Morgan fingerprint density at radius 1 is 1.53 bits per heavy atom. The van der Waals surface area contributed by atoms with Gasteiger partial charge in [-0.1, -0.05) is 13.3 Å². The van der Waals surface area contributed by atoms with Gasteiger partial charge in [-0.05, 0) is 34.5 Å². The number of carbonyl (C=O) groups is 1. The van der Waals surface area contributed by atoms with Gasteiger partial charge in [-0.2, -0.15) is 0 Å². The molecule has 0 fully saturated rings. The van der Waals surface area contributed by atoms with Crippen molar-refractivity contribution >= 4 is 33.2 Å². The molecule has 0 saturated carbocycles. The topological polar surface area (TPSA) is 20.3 Å². The van der Waals surface area contributed by atoms with E-state index in [9.17, 15) is 4.79 Å². The molecule has 15 heavy (non-hydrogen) atoms. The van der Waals surface area contributed by atoms with E-state index in [1.165, 1.54) is 0 Å². The Kier molecular flexibility index (Phi) is 5.32. The van der Waals surface area contributed by atoms with Crippen molar-refractivity contribution in [3.05, 3.63) is 20.8 Å². The molecule has 0 aliphatic rings. The standard InChI is InChI=1S/C11H16BrNOS/c1-3-4-7-13(2)11(14)8-9-5-6-10(12)15-9/h5-6H,3-4,7-8H2,1-2H3. The molecule has 0 aromatic carbocycles. The Morgan fingerprint density at radius 3 is 2.80 bits per heavy atom. The van der Waals surface area contributed by atoms with Crippen LogP contribution in [0.2, 0.25) is 0 Å². The lowest BCUT2D eigenvalue weighted by molar-refractivity contribution is -0.129. The summed E-state index contributed by atoms with van der Waals surface area (Å²) in [6, 6.07) is 3.99. The summed E-state index contributed by atoms with van der Waals surface area (Å²) in [6.45, 7) is 3.00. The number of halogens is 1. The summed E-state index contributed by atoms with van der Waals surface area (Å²) in [5, 5.41) is 0. The zero-order valence-electron chi connectivity index (χ0n) is 9.12. The number of likely N-dealkylation sites (N-methyl/N-ethyl adjacent to an activating group) is 1. The predicted octanol–water partition coefficient (Wildman–Crippen LogP) is 3.31. The summed E-state index contributed by atoms with van der Waals surface area (Å²) in [4.78, 5) is 14.7. The van der Waals surface area contributed by atoms with Crippen molar-refractivity contribution in [3.63, 3.8) is 0 Å². The van der Waals surface area contributed by atoms with Gasteiger partial charge < -0.3 is 4.90 Å². The molecule has 0 spiro atoms. The number of thiophene rings is 1. The maximum Gasteiger partial charge on any atom is 0.227 e. The summed E-state index contributed by atoms with van der Waals surface area (Å²) in [5.74, 6) is 0.206. The minimum atomic E-state index is 0.206. The van der Waals surface area contributed by atoms with Crippen LogP contribution in [-0.4, -0.2) is 24.4 Å². The molecule has 0 atom stereocenters. The van der Waals surface area contributed by atoms with Crippen LogP contribution < -0.4 is 0 Å². The second-order valence-electron chi connectivity index (χ2n) is 3.55. The third-order valence-corrected chi connectivity index (χ3v) is 3.85. The number of hydrogen-bond acceptors (Lipinski definition) is 2. The molecular formula is C11H16BrNOS. The molecule has 0 N–H and O–H groups in total. The van der Waals surface area contributed by atoms with Crippen molar-refractivity contribution in [1.82, 2.24) is 4.90 Å². The maximum atomic E-state index is 11.7. The molecule has 4 heteroatoms. The lowest BCUT2D eigenvalue weighted by Crippen LogP contribution is -2.28. The fourth-order valence-electron chi connectivity index (χ4n) is 1.25. The van der Waals surface area contributed by atoms with Gasteiger partial charge in [0.15, 0.2) is 0 Å². The lowest BCUT2D eigenvalue weighted by atomic mass is 10.3. The first-order valence-electron chi connectivity index (χ1n) is 5.11. The van der Waals surface area contributed by atoms with E-state index in [0.29, 0.717) is 6.42 Å². The van der Waals surface area contributed by atoms with Crippen LogP contribution in [0.4, 0.5) is 0 Å². The first-order valence-corrected chi connectivity index (χ1v) is 6.72. The zero-order chi connectivity index (χ0) is 11.3. The number of unbranched alkanes of at least 4 members (excludes halogenated alkanes) is 1. The Bertz CT molecular complexity index is 324. The van der Waals surface area contributed by atoms with Crippen molar-refractivity contribution < 1.29 is 4.79 Å². The summed E-state index contributed by atoms with van der Waals surface area (Å²) >= 11 is 5.02. The molecule has 1 aromatic rings. The van der Waals surface area contributed by atoms with E-state index in [-0.39, 0.29) is 5.91 Å². The molecule has 1 amide bonds. The van der Waals surface area contributed by atoms with Crippen molar-refractivity contribution in [1.29, 1.82) is 0 Å². The number of rotatable bonds is 5. The molecule has 0 saturated heterocycles. The molecule has 84 valence electrons. The molecule has 0 unspecified atom stereocenters. The molecule has 0 aliphatic heterocycles. The highest BCUT2D eigenvalue weighted by Crippen LogP contribution is 2.22. The van der Waals surface area contributed by atoms with Gasteiger partial charge >= 0.3 is 0 Å². The highest BCUT2D eigenvalue weighted by molar-refractivity contribution is 9.11. The van der Waals surface area contributed by atoms with Crippen molar-refractivity contribution in [2.45, 2.75) is 26.2 Å². The van der Waals surface area contributed by atoms with Gasteiger partial charge in [0, 0.05) is 18.5 Å². The van der Waals surface area contributed by atoms with Crippen LogP contribution >= 0.6 is 27.3 Å². The highest BCUT2D eigenvalue weighted by Gasteiger charge is 2.10. The van der Waals surface area contributed by atoms with Gasteiger partial charge in [0.05, 0.1) is 10.2 Å². The van der Waals surface area contributed by atoms with Gasteiger partial charge in [0.1, 0.15) is 0 Å². The summed E-state index contributed by atoms with van der Waals surface area (Å²) < 4.78 is 1.08. The van der Waals surface area contributed by atoms with Gasteiger partial charge in [-0.3, -0.25) is 4.79 Å². The van der Waals surface area contributed by atoms with E-state index < -0.39 is 0 Å². The van der Waals surface area contributed by atoms with Crippen LogP contribution in [0.1, 0.15) is 24.6 Å². The second kappa shape index (κ2) is 6.28. The lowest BCUT2D eigenvalue weighted by Gasteiger charge is -2.15. The fourth-order valence-corrected chi connectivity index (χ4v) is 2.72. The SMILES string of the molecule is CCCCN(C)C(=O)Cc1ccc(Br)s1. The average molecular weight is 290 g/mol. The van der Waals surface area contributed by atoms with Crippen molar-refractivity contribution in [2.75, 3.05) is 13.6 Å². The largest absolute Gasteiger partial charge is 0.345 e. The van der Waals surface area contributed by atoms with E-state index in [1.807, 2.05) is 24.1 Å². The van der Waals surface area contributed by atoms with Crippen LogP contribution in [0.15, 0.2) is 15.9 Å². The van der Waals surface area contributed by atoms with Gasteiger partial charge in [0.2, 0.25) is 5.91 Å². The van der Waals surface area contributed by atoms with Crippen LogP contribution in [0.25, 0.3) is 0 Å². The van der Waals surface area contributed by atoms with Crippen molar-refractivity contribution in [2.24, 2.45) is 0 Å². The Hall–Kier alpha value is -0.350. The van der Waals surface area contributed by atoms with E-state index in [4.69, 9.17) is 0 Å². The third-order valence-electron chi connectivity index (χ3n) is 2.23. The zero-order valence-corrected chi connectivity index (χ0v) is 11.5. The first kappa shape index (κ1) is 12.7. The normalized spacial score (nSPS) is 10.3.